The number of unbranched alkanes of at least 4 members (excludes halogenated alkanes) is 1. The van der Waals surface area contributed by atoms with Crippen LogP contribution < -0.4 is 0 Å². The van der Waals surface area contributed by atoms with Crippen LogP contribution in [0.2, 0.25) is 0 Å². The van der Waals surface area contributed by atoms with Crippen molar-refractivity contribution in [2.45, 2.75) is 26.2 Å². The maximum atomic E-state index is 13.4. The molecule has 1 N–H and O–H groups in total. The van der Waals surface area contributed by atoms with Gasteiger partial charge in [-0.15, -0.1) is 0 Å². The standard InChI is InChI=1S/C12H14F2O/c1-2-3-4-11(13)12(14)9-5-7-10(15)8-6-9/h5-8,15H,2-4H2,1H3/b12-11+. The first-order valence-corrected chi connectivity index (χ1v) is 4.98. The molecule has 0 aromatic heterocycles. The zero-order valence-electron chi connectivity index (χ0n) is 8.63. The van der Waals surface area contributed by atoms with Gasteiger partial charge in [-0.25, -0.2) is 8.78 Å². The summed E-state index contributed by atoms with van der Waals surface area (Å²) >= 11 is 0. The lowest BCUT2D eigenvalue weighted by Crippen LogP contribution is -1.83. The van der Waals surface area contributed by atoms with Crippen molar-refractivity contribution >= 4 is 5.83 Å². The number of allylic oxidation sites excluding steroid dienone is 1. The zero-order valence-corrected chi connectivity index (χ0v) is 8.63. The quantitative estimate of drug-likeness (QED) is 0.793. The van der Waals surface area contributed by atoms with E-state index in [1.165, 1.54) is 24.3 Å². The van der Waals surface area contributed by atoms with Gasteiger partial charge in [-0.3, -0.25) is 0 Å². The normalized spacial score (nSPS) is 12.5. The van der Waals surface area contributed by atoms with Crippen LogP contribution in [0.25, 0.3) is 5.83 Å². The molecule has 0 fully saturated rings. The summed E-state index contributed by atoms with van der Waals surface area (Å²) in [5.74, 6) is -1.51. The Balaban J connectivity index is 2.82. The number of rotatable bonds is 4. The minimum absolute atomic E-state index is 0.0421. The lowest BCUT2D eigenvalue weighted by molar-refractivity contribution is 0.475. The van der Waals surface area contributed by atoms with Crippen molar-refractivity contribution < 1.29 is 13.9 Å². The molecule has 0 saturated carbocycles. The van der Waals surface area contributed by atoms with Crippen LogP contribution in [0.4, 0.5) is 8.78 Å². The summed E-state index contributed by atoms with van der Waals surface area (Å²) in [6, 6.07) is 5.39. The number of benzene rings is 1. The van der Waals surface area contributed by atoms with Crippen molar-refractivity contribution in [3.05, 3.63) is 35.7 Å². The fourth-order valence-electron chi connectivity index (χ4n) is 1.21. The summed E-state index contributed by atoms with van der Waals surface area (Å²) in [5, 5.41) is 8.99. The third-order valence-electron chi connectivity index (χ3n) is 2.11. The highest BCUT2D eigenvalue weighted by Crippen LogP contribution is 2.25. The molecule has 0 unspecified atom stereocenters. The van der Waals surface area contributed by atoms with Gasteiger partial charge in [-0.2, -0.15) is 0 Å². The second-order valence-electron chi connectivity index (χ2n) is 3.37. The van der Waals surface area contributed by atoms with E-state index in [-0.39, 0.29) is 17.7 Å². The molecule has 1 aromatic rings. The molecule has 0 aliphatic rings. The SMILES string of the molecule is CCCC/C(F)=C(\F)c1ccc(O)cc1. The number of aromatic hydroxyl groups is 1. The number of phenolic OH excluding ortho intramolecular Hbond substituents is 1. The molecule has 0 radical (unpaired) electrons. The predicted octanol–water partition coefficient (Wildman–Crippen LogP) is 4.19. The maximum absolute atomic E-state index is 13.4. The lowest BCUT2D eigenvalue weighted by atomic mass is 10.1. The first-order chi connectivity index (χ1) is 7.15. The number of phenols is 1. The average molecular weight is 212 g/mol. The van der Waals surface area contributed by atoms with Gasteiger partial charge < -0.3 is 5.11 Å². The summed E-state index contributed by atoms with van der Waals surface area (Å²) in [7, 11) is 0. The lowest BCUT2D eigenvalue weighted by Gasteiger charge is -2.01. The first kappa shape index (κ1) is 11.7. The molecule has 0 aliphatic carbocycles. The largest absolute Gasteiger partial charge is 0.508 e. The van der Waals surface area contributed by atoms with Gasteiger partial charge in [0.1, 0.15) is 11.6 Å². The van der Waals surface area contributed by atoms with E-state index in [9.17, 15) is 8.78 Å². The smallest absolute Gasteiger partial charge is 0.161 e. The van der Waals surface area contributed by atoms with Crippen molar-refractivity contribution in [1.82, 2.24) is 0 Å². The van der Waals surface area contributed by atoms with E-state index in [0.717, 1.165) is 6.42 Å². The molecule has 0 spiro atoms. The molecule has 82 valence electrons. The molecule has 0 bridgehead atoms. The van der Waals surface area contributed by atoms with E-state index in [1.807, 2.05) is 6.92 Å². The van der Waals surface area contributed by atoms with Crippen molar-refractivity contribution in [2.24, 2.45) is 0 Å². The van der Waals surface area contributed by atoms with Gasteiger partial charge in [0.25, 0.3) is 0 Å². The predicted molar refractivity (Wildman–Crippen MR) is 56.8 cm³/mol. The Hall–Kier alpha value is -1.38. The highest BCUT2D eigenvalue weighted by molar-refractivity contribution is 5.61. The topological polar surface area (TPSA) is 20.2 Å². The van der Waals surface area contributed by atoms with Gasteiger partial charge in [-0.05, 0) is 30.7 Å². The van der Waals surface area contributed by atoms with Crippen LogP contribution >= 0.6 is 0 Å². The molecule has 0 saturated heterocycles. The summed E-state index contributed by atoms with van der Waals surface area (Å²) < 4.78 is 26.6. The number of halogens is 2. The second kappa shape index (κ2) is 5.49. The Morgan fingerprint density at radius 2 is 1.80 bits per heavy atom. The molecule has 15 heavy (non-hydrogen) atoms. The van der Waals surface area contributed by atoms with E-state index < -0.39 is 11.7 Å². The molecule has 0 atom stereocenters. The van der Waals surface area contributed by atoms with E-state index in [4.69, 9.17) is 5.11 Å². The molecule has 1 nitrogen and oxygen atoms in total. The molecule has 0 aliphatic heterocycles. The molecule has 3 heteroatoms. The minimum atomic E-state index is -0.830. The Kier molecular flexibility index (Phi) is 4.28. The Morgan fingerprint density at radius 1 is 1.20 bits per heavy atom. The first-order valence-electron chi connectivity index (χ1n) is 4.98. The van der Waals surface area contributed by atoms with Crippen LogP contribution in [0.15, 0.2) is 30.1 Å². The van der Waals surface area contributed by atoms with Crippen LogP contribution in [0.3, 0.4) is 0 Å². The van der Waals surface area contributed by atoms with Gasteiger partial charge in [-0.1, -0.05) is 13.3 Å². The summed E-state index contributed by atoms with van der Waals surface area (Å²) in [6.45, 7) is 1.92. The van der Waals surface area contributed by atoms with Gasteiger partial charge >= 0.3 is 0 Å². The van der Waals surface area contributed by atoms with Gasteiger partial charge in [0.15, 0.2) is 5.83 Å². The van der Waals surface area contributed by atoms with E-state index in [2.05, 4.69) is 0 Å². The van der Waals surface area contributed by atoms with Crippen molar-refractivity contribution in [3.8, 4) is 5.75 Å². The summed E-state index contributed by atoms with van der Waals surface area (Å²) in [6.07, 6.45) is 1.59. The molecule has 1 aromatic carbocycles. The van der Waals surface area contributed by atoms with Crippen LogP contribution in [0.1, 0.15) is 31.7 Å². The van der Waals surface area contributed by atoms with Gasteiger partial charge in [0.2, 0.25) is 0 Å². The van der Waals surface area contributed by atoms with Crippen LogP contribution in [0, 0.1) is 0 Å². The molecular weight excluding hydrogens is 198 g/mol. The van der Waals surface area contributed by atoms with E-state index in [1.54, 1.807) is 0 Å². The van der Waals surface area contributed by atoms with Crippen LogP contribution in [-0.4, -0.2) is 5.11 Å². The Morgan fingerprint density at radius 3 is 2.33 bits per heavy atom. The fourth-order valence-corrected chi connectivity index (χ4v) is 1.21. The Labute approximate surface area is 88.1 Å². The highest BCUT2D eigenvalue weighted by atomic mass is 19.2. The van der Waals surface area contributed by atoms with Gasteiger partial charge in [0, 0.05) is 12.0 Å². The average Bonchev–Trinajstić information content (AvgIpc) is 2.26. The number of hydrogen-bond donors (Lipinski definition) is 1. The number of hydrogen-bond acceptors (Lipinski definition) is 1. The van der Waals surface area contributed by atoms with Crippen LogP contribution in [-0.2, 0) is 0 Å². The highest BCUT2D eigenvalue weighted by Gasteiger charge is 2.08. The van der Waals surface area contributed by atoms with Crippen LogP contribution in [0.5, 0.6) is 5.75 Å². The summed E-state index contributed by atoms with van der Waals surface area (Å²) in [5.41, 5.74) is 0.168. The second-order valence-corrected chi connectivity index (χ2v) is 3.37. The third kappa shape index (κ3) is 3.35. The third-order valence-corrected chi connectivity index (χ3v) is 2.11. The Bertz CT molecular complexity index is 341. The fraction of sp³-hybridized carbons (Fsp3) is 0.333. The van der Waals surface area contributed by atoms with Crippen molar-refractivity contribution in [2.75, 3.05) is 0 Å². The zero-order chi connectivity index (χ0) is 11.3. The summed E-state index contributed by atoms with van der Waals surface area (Å²) in [4.78, 5) is 0. The van der Waals surface area contributed by atoms with Gasteiger partial charge in [0.05, 0.1) is 0 Å². The monoisotopic (exact) mass is 212 g/mol. The van der Waals surface area contributed by atoms with Crippen molar-refractivity contribution in [3.63, 3.8) is 0 Å². The molecule has 0 amide bonds. The maximum Gasteiger partial charge on any atom is 0.161 e. The minimum Gasteiger partial charge on any atom is -0.508 e. The molecular formula is C12H14F2O. The van der Waals surface area contributed by atoms with E-state index >= 15 is 0 Å². The van der Waals surface area contributed by atoms with E-state index in [0.29, 0.717) is 6.42 Å². The van der Waals surface area contributed by atoms with Crippen molar-refractivity contribution in [1.29, 1.82) is 0 Å². The molecule has 1 rings (SSSR count). The molecule has 0 heterocycles.